The Kier molecular flexibility index (Phi) is 5.76. The Labute approximate surface area is 131 Å². The topological polar surface area (TPSA) is 62.6 Å². The van der Waals surface area contributed by atoms with E-state index in [1.165, 1.54) is 39.4 Å². The summed E-state index contributed by atoms with van der Waals surface area (Å²) in [6.45, 7) is 2.76. The molecule has 7 heteroatoms. The minimum absolute atomic E-state index is 0.00945. The molecular formula is C14H24N2O3S2. The fourth-order valence-corrected chi connectivity index (χ4v) is 4.61. The van der Waals surface area contributed by atoms with Gasteiger partial charge in [-0.2, -0.15) is 11.8 Å². The van der Waals surface area contributed by atoms with Crippen LogP contribution in [0, 0.1) is 0 Å². The molecule has 1 N–H and O–H groups in total. The molecule has 1 aliphatic carbocycles. The van der Waals surface area contributed by atoms with Crippen molar-refractivity contribution in [3.05, 3.63) is 17.9 Å². The highest BCUT2D eigenvalue weighted by molar-refractivity contribution is 7.99. The summed E-state index contributed by atoms with van der Waals surface area (Å²) in [6, 6.07) is 3.76. The van der Waals surface area contributed by atoms with Crippen LogP contribution in [0.4, 0.5) is 0 Å². The number of rotatable bonds is 7. The largest absolute Gasteiger partial charge is 0.447 e. The van der Waals surface area contributed by atoms with Crippen LogP contribution in [-0.2, 0) is 16.6 Å². The number of nitrogens with zero attached hydrogens (tertiary/aromatic N) is 1. The second-order valence-electron chi connectivity index (χ2n) is 5.42. The summed E-state index contributed by atoms with van der Waals surface area (Å²) in [6.07, 6.45) is 3.70. The van der Waals surface area contributed by atoms with E-state index in [1.54, 1.807) is 6.07 Å². The molecule has 0 aliphatic heterocycles. The average molecular weight is 332 g/mol. The highest BCUT2D eigenvalue weighted by Crippen LogP contribution is 2.30. The maximum absolute atomic E-state index is 12.0. The highest BCUT2D eigenvalue weighted by Gasteiger charge is 2.27. The van der Waals surface area contributed by atoms with E-state index in [0.29, 0.717) is 23.6 Å². The van der Waals surface area contributed by atoms with Crippen LogP contribution in [-0.4, -0.2) is 43.9 Å². The summed E-state index contributed by atoms with van der Waals surface area (Å²) in [7, 11) is -0.476. The minimum atomic E-state index is -3.48. The standard InChI is InChI=1S/C14H24N2O3S2/c1-4-20-13-7-5-6-12(13)15-10-11-8-9-14(19-11)21(17,18)16(2)3/h8-9,12-13,15H,4-7,10H2,1-3H3. The molecule has 0 spiro atoms. The smallest absolute Gasteiger partial charge is 0.275 e. The van der Waals surface area contributed by atoms with Crippen molar-refractivity contribution in [2.24, 2.45) is 0 Å². The van der Waals surface area contributed by atoms with Crippen molar-refractivity contribution in [2.45, 2.75) is 49.1 Å². The van der Waals surface area contributed by atoms with Crippen molar-refractivity contribution in [1.29, 1.82) is 0 Å². The van der Waals surface area contributed by atoms with Crippen LogP contribution >= 0.6 is 11.8 Å². The Morgan fingerprint density at radius 1 is 1.38 bits per heavy atom. The molecule has 1 aliphatic rings. The third-order valence-electron chi connectivity index (χ3n) is 3.74. The maximum atomic E-state index is 12.0. The van der Waals surface area contributed by atoms with Gasteiger partial charge < -0.3 is 9.73 Å². The molecule has 5 nitrogen and oxygen atoms in total. The van der Waals surface area contributed by atoms with Crippen molar-refractivity contribution >= 4 is 21.8 Å². The Bertz CT molecular complexity index is 554. The van der Waals surface area contributed by atoms with Gasteiger partial charge in [-0.25, -0.2) is 12.7 Å². The van der Waals surface area contributed by atoms with Crippen molar-refractivity contribution in [1.82, 2.24) is 9.62 Å². The molecule has 2 atom stereocenters. The second-order valence-corrected chi connectivity index (χ2v) is 9.02. The predicted molar refractivity (Wildman–Crippen MR) is 86.0 cm³/mol. The van der Waals surface area contributed by atoms with E-state index in [9.17, 15) is 8.42 Å². The van der Waals surface area contributed by atoms with Crippen molar-refractivity contribution in [3.8, 4) is 0 Å². The number of sulfonamides is 1. The van der Waals surface area contributed by atoms with Crippen LogP contribution in [0.2, 0.25) is 0 Å². The zero-order valence-corrected chi connectivity index (χ0v) is 14.5. The summed E-state index contributed by atoms with van der Waals surface area (Å²) >= 11 is 2.00. The molecule has 21 heavy (non-hydrogen) atoms. The molecule has 1 aromatic rings. The fraction of sp³-hybridized carbons (Fsp3) is 0.714. The Hall–Kier alpha value is -0.500. The van der Waals surface area contributed by atoms with Gasteiger partial charge in [-0.3, -0.25) is 0 Å². The third-order valence-corrected chi connectivity index (χ3v) is 6.76. The monoisotopic (exact) mass is 332 g/mol. The van der Waals surface area contributed by atoms with Gasteiger partial charge >= 0.3 is 0 Å². The van der Waals surface area contributed by atoms with Crippen molar-refractivity contribution in [3.63, 3.8) is 0 Å². The lowest BCUT2D eigenvalue weighted by atomic mass is 10.2. The summed E-state index contributed by atoms with van der Waals surface area (Å²) in [5.74, 6) is 1.80. The molecule has 0 bridgehead atoms. The van der Waals surface area contributed by atoms with Crippen LogP contribution in [0.25, 0.3) is 0 Å². The quantitative estimate of drug-likeness (QED) is 0.830. The first-order valence-corrected chi connectivity index (χ1v) is 9.80. The molecule has 1 saturated carbocycles. The zero-order chi connectivity index (χ0) is 15.5. The van der Waals surface area contributed by atoms with Gasteiger partial charge in [0.25, 0.3) is 10.0 Å². The molecule has 1 aromatic heterocycles. The molecule has 0 amide bonds. The van der Waals surface area contributed by atoms with E-state index in [0.717, 1.165) is 10.1 Å². The normalized spacial score (nSPS) is 23.0. The van der Waals surface area contributed by atoms with Gasteiger partial charge in [-0.1, -0.05) is 13.3 Å². The van der Waals surface area contributed by atoms with E-state index >= 15 is 0 Å². The number of furan rings is 1. The Balaban J connectivity index is 1.94. The van der Waals surface area contributed by atoms with E-state index in [2.05, 4.69) is 12.2 Å². The van der Waals surface area contributed by atoms with Crippen LogP contribution in [0.3, 0.4) is 0 Å². The predicted octanol–water partition coefficient (Wildman–Crippen LogP) is 2.29. The van der Waals surface area contributed by atoms with Gasteiger partial charge in [0.15, 0.2) is 0 Å². The summed E-state index contributed by atoms with van der Waals surface area (Å²) in [5, 5.41) is 4.18. The van der Waals surface area contributed by atoms with E-state index in [1.807, 2.05) is 11.8 Å². The van der Waals surface area contributed by atoms with Crippen LogP contribution in [0.5, 0.6) is 0 Å². The van der Waals surface area contributed by atoms with E-state index in [-0.39, 0.29) is 5.09 Å². The fourth-order valence-electron chi connectivity index (χ4n) is 2.58. The summed E-state index contributed by atoms with van der Waals surface area (Å²) in [5.41, 5.74) is 0. The second kappa shape index (κ2) is 7.17. The first-order chi connectivity index (χ1) is 9.95. The first kappa shape index (κ1) is 16.9. The van der Waals surface area contributed by atoms with E-state index < -0.39 is 10.0 Å². The lowest BCUT2D eigenvalue weighted by Gasteiger charge is -2.19. The Morgan fingerprint density at radius 3 is 2.81 bits per heavy atom. The molecular weight excluding hydrogens is 308 g/mol. The number of hydrogen-bond acceptors (Lipinski definition) is 5. The summed E-state index contributed by atoms with van der Waals surface area (Å²) in [4.78, 5) is 0. The summed E-state index contributed by atoms with van der Waals surface area (Å²) < 4.78 is 30.5. The molecule has 0 saturated heterocycles. The molecule has 2 rings (SSSR count). The van der Waals surface area contributed by atoms with Crippen LogP contribution in [0.15, 0.2) is 21.6 Å². The molecule has 120 valence electrons. The molecule has 2 unspecified atom stereocenters. The molecule has 1 heterocycles. The molecule has 1 fully saturated rings. The maximum Gasteiger partial charge on any atom is 0.275 e. The van der Waals surface area contributed by atoms with Gasteiger partial charge in [0, 0.05) is 25.4 Å². The number of hydrogen-bond donors (Lipinski definition) is 1. The zero-order valence-electron chi connectivity index (χ0n) is 12.8. The number of thioether (sulfide) groups is 1. The highest BCUT2D eigenvalue weighted by atomic mass is 32.2. The lowest BCUT2D eigenvalue weighted by Crippen LogP contribution is -2.33. The van der Waals surface area contributed by atoms with Crippen molar-refractivity contribution in [2.75, 3.05) is 19.8 Å². The van der Waals surface area contributed by atoms with Gasteiger partial charge in [0.05, 0.1) is 6.54 Å². The van der Waals surface area contributed by atoms with Gasteiger partial charge in [0.1, 0.15) is 5.76 Å². The SMILES string of the molecule is CCSC1CCCC1NCc1ccc(S(=O)(=O)N(C)C)o1. The van der Waals surface area contributed by atoms with E-state index in [4.69, 9.17) is 4.42 Å². The van der Waals surface area contributed by atoms with Crippen LogP contribution in [0.1, 0.15) is 31.9 Å². The molecule has 0 aromatic carbocycles. The van der Waals surface area contributed by atoms with Gasteiger partial charge in [-0.05, 0) is 30.7 Å². The minimum Gasteiger partial charge on any atom is -0.447 e. The first-order valence-electron chi connectivity index (χ1n) is 7.31. The van der Waals surface area contributed by atoms with Crippen LogP contribution < -0.4 is 5.32 Å². The number of nitrogens with one attached hydrogen (secondary N) is 1. The molecule has 0 radical (unpaired) electrons. The van der Waals surface area contributed by atoms with Gasteiger partial charge in [-0.15, -0.1) is 0 Å². The van der Waals surface area contributed by atoms with Gasteiger partial charge in [0.2, 0.25) is 5.09 Å². The third kappa shape index (κ3) is 4.03. The Morgan fingerprint density at radius 2 is 2.14 bits per heavy atom. The average Bonchev–Trinajstić information content (AvgIpc) is 3.05. The lowest BCUT2D eigenvalue weighted by molar-refractivity contribution is 0.379. The van der Waals surface area contributed by atoms with Crippen molar-refractivity contribution < 1.29 is 12.8 Å².